The van der Waals surface area contributed by atoms with Gasteiger partial charge in [0.15, 0.2) is 5.16 Å². The Morgan fingerprint density at radius 1 is 0.970 bits per heavy atom. The quantitative estimate of drug-likeness (QED) is 0.313. The van der Waals surface area contributed by atoms with Gasteiger partial charge in [-0.3, -0.25) is 14.2 Å². The van der Waals surface area contributed by atoms with Crippen molar-refractivity contribution in [3.63, 3.8) is 0 Å². The number of rotatable bonds is 8. The lowest BCUT2D eigenvalue weighted by molar-refractivity contribution is -0.113. The summed E-state index contributed by atoms with van der Waals surface area (Å²) >= 11 is 1.22. The van der Waals surface area contributed by atoms with Gasteiger partial charge in [-0.2, -0.15) is 0 Å². The standard InChI is InChI=1S/C25H23N3O4S/c1-31-19-13-11-18(12-14-19)26-23(29)16-33-25-27-21-9-5-4-8-20(21)24(30)28(25)15-17-7-3-6-10-22(17)32-2/h3-14H,15-16H2,1-2H3,(H,26,29). The predicted octanol–water partition coefficient (Wildman–Crippen LogP) is 4.19. The summed E-state index contributed by atoms with van der Waals surface area (Å²) in [5.41, 5.74) is 1.95. The second-order valence-corrected chi connectivity index (χ2v) is 8.12. The smallest absolute Gasteiger partial charge is 0.262 e. The summed E-state index contributed by atoms with van der Waals surface area (Å²) < 4.78 is 12.2. The first-order valence-electron chi connectivity index (χ1n) is 10.3. The second-order valence-electron chi connectivity index (χ2n) is 7.18. The van der Waals surface area contributed by atoms with Crippen LogP contribution in [0.2, 0.25) is 0 Å². The molecular weight excluding hydrogens is 438 g/mol. The summed E-state index contributed by atoms with van der Waals surface area (Å²) in [4.78, 5) is 30.5. The summed E-state index contributed by atoms with van der Waals surface area (Å²) in [6.45, 7) is 0.281. The third kappa shape index (κ3) is 5.18. The summed E-state index contributed by atoms with van der Waals surface area (Å²) in [5, 5.41) is 3.85. The fourth-order valence-electron chi connectivity index (χ4n) is 3.40. The summed E-state index contributed by atoms with van der Waals surface area (Å²) in [6, 6.07) is 21.8. The molecule has 0 spiro atoms. The highest BCUT2D eigenvalue weighted by molar-refractivity contribution is 7.99. The van der Waals surface area contributed by atoms with Gasteiger partial charge in [-0.15, -0.1) is 0 Å². The van der Waals surface area contributed by atoms with E-state index in [9.17, 15) is 9.59 Å². The zero-order valence-electron chi connectivity index (χ0n) is 18.3. The molecule has 1 N–H and O–H groups in total. The van der Waals surface area contributed by atoms with Gasteiger partial charge in [0.1, 0.15) is 11.5 Å². The third-order valence-corrected chi connectivity index (χ3v) is 6.03. The molecule has 0 atom stereocenters. The van der Waals surface area contributed by atoms with Crippen LogP contribution >= 0.6 is 11.8 Å². The Kier molecular flexibility index (Phi) is 6.95. The van der Waals surface area contributed by atoms with Crippen molar-refractivity contribution >= 4 is 34.3 Å². The minimum Gasteiger partial charge on any atom is -0.497 e. The van der Waals surface area contributed by atoms with E-state index in [4.69, 9.17) is 9.47 Å². The number of carbonyl (C=O) groups is 1. The molecule has 0 unspecified atom stereocenters. The van der Waals surface area contributed by atoms with Crippen molar-refractivity contribution in [3.8, 4) is 11.5 Å². The fraction of sp³-hybridized carbons (Fsp3) is 0.160. The van der Waals surface area contributed by atoms with Crippen LogP contribution in [0, 0.1) is 0 Å². The van der Waals surface area contributed by atoms with Crippen LogP contribution in [0.3, 0.4) is 0 Å². The van der Waals surface area contributed by atoms with Crippen molar-refractivity contribution in [2.75, 3.05) is 25.3 Å². The lowest BCUT2D eigenvalue weighted by atomic mass is 10.2. The number of hydrogen-bond acceptors (Lipinski definition) is 6. The van der Waals surface area contributed by atoms with Crippen LogP contribution in [-0.2, 0) is 11.3 Å². The van der Waals surface area contributed by atoms with Gasteiger partial charge in [0.2, 0.25) is 5.91 Å². The normalized spacial score (nSPS) is 10.7. The summed E-state index contributed by atoms with van der Waals surface area (Å²) in [7, 11) is 3.19. The highest BCUT2D eigenvalue weighted by atomic mass is 32.2. The second kappa shape index (κ2) is 10.2. The largest absolute Gasteiger partial charge is 0.497 e. The number of thioether (sulfide) groups is 1. The highest BCUT2D eigenvalue weighted by Crippen LogP contribution is 2.23. The first-order chi connectivity index (χ1) is 16.1. The van der Waals surface area contributed by atoms with E-state index in [1.807, 2.05) is 36.4 Å². The van der Waals surface area contributed by atoms with Crippen molar-refractivity contribution in [2.24, 2.45) is 0 Å². The van der Waals surface area contributed by atoms with E-state index < -0.39 is 0 Å². The molecule has 0 radical (unpaired) electrons. The SMILES string of the molecule is COc1ccc(NC(=O)CSc2nc3ccccc3c(=O)n2Cc2ccccc2OC)cc1. The number of nitrogens with zero attached hydrogens (tertiary/aromatic N) is 2. The van der Waals surface area contributed by atoms with Gasteiger partial charge in [0.05, 0.1) is 37.4 Å². The van der Waals surface area contributed by atoms with Gasteiger partial charge in [-0.25, -0.2) is 4.98 Å². The van der Waals surface area contributed by atoms with E-state index in [1.54, 1.807) is 55.2 Å². The fourth-order valence-corrected chi connectivity index (χ4v) is 4.20. The molecule has 168 valence electrons. The molecule has 0 aliphatic heterocycles. The van der Waals surface area contributed by atoms with Gasteiger partial charge < -0.3 is 14.8 Å². The maximum atomic E-state index is 13.3. The van der Waals surface area contributed by atoms with E-state index in [2.05, 4.69) is 10.3 Å². The molecule has 33 heavy (non-hydrogen) atoms. The Hall–Kier alpha value is -3.78. The van der Waals surface area contributed by atoms with Crippen molar-refractivity contribution in [3.05, 3.63) is 88.7 Å². The molecule has 0 aliphatic rings. The molecule has 1 amide bonds. The molecular formula is C25H23N3O4S. The zero-order valence-corrected chi connectivity index (χ0v) is 19.1. The number of fused-ring (bicyclic) bond motifs is 1. The number of anilines is 1. The predicted molar refractivity (Wildman–Crippen MR) is 130 cm³/mol. The third-order valence-electron chi connectivity index (χ3n) is 5.05. The van der Waals surface area contributed by atoms with Gasteiger partial charge >= 0.3 is 0 Å². The van der Waals surface area contributed by atoms with E-state index in [1.165, 1.54) is 11.8 Å². The van der Waals surface area contributed by atoms with Gasteiger partial charge in [-0.05, 0) is 42.5 Å². The molecule has 0 fully saturated rings. The molecule has 4 rings (SSSR count). The summed E-state index contributed by atoms with van der Waals surface area (Å²) in [6.07, 6.45) is 0. The number of aromatic nitrogens is 2. The number of methoxy groups -OCH3 is 2. The molecule has 0 bridgehead atoms. The molecule has 8 heteroatoms. The van der Waals surface area contributed by atoms with E-state index >= 15 is 0 Å². The summed E-state index contributed by atoms with van der Waals surface area (Å²) in [5.74, 6) is 1.30. The Labute approximate surface area is 195 Å². The maximum Gasteiger partial charge on any atom is 0.262 e. The number of carbonyl (C=O) groups excluding carboxylic acids is 1. The number of ether oxygens (including phenoxy) is 2. The van der Waals surface area contributed by atoms with Crippen molar-refractivity contribution in [1.82, 2.24) is 9.55 Å². The van der Waals surface area contributed by atoms with Crippen LogP contribution in [0.4, 0.5) is 5.69 Å². The number of hydrogen-bond donors (Lipinski definition) is 1. The first-order valence-corrected chi connectivity index (χ1v) is 11.3. The number of amides is 1. The van der Waals surface area contributed by atoms with Gasteiger partial charge in [0.25, 0.3) is 5.56 Å². The van der Waals surface area contributed by atoms with Crippen LogP contribution < -0.4 is 20.3 Å². The van der Waals surface area contributed by atoms with Crippen molar-refractivity contribution < 1.29 is 14.3 Å². The van der Waals surface area contributed by atoms with Gasteiger partial charge in [-0.1, -0.05) is 42.1 Å². The van der Waals surface area contributed by atoms with Crippen LogP contribution in [0.15, 0.2) is 82.7 Å². The molecule has 3 aromatic carbocycles. The Bertz CT molecular complexity index is 1340. The van der Waals surface area contributed by atoms with Crippen LogP contribution in [0.5, 0.6) is 11.5 Å². The lowest BCUT2D eigenvalue weighted by Gasteiger charge is -2.15. The number of benzene rings is 3. The Balaban J connectivity index is 1.60. The zero-order chi connectivity index (χ0) is 23.2. The lowest BCUT2D eigenvalue weighted by Crippen LogP contribution is -2.25. The minimum absolute atomic E-state index is 0.0999. The molecule has 1 heterocycles. The average Bonchev–Trinajstić information content (AvgIpc) is 2.85. The van der Waals surface area contributed by atoms with Crippen LogP contribution in [0.25, 0.3) is 10.9 Å². The van der Waals surface area contributed by atoms with E-state index in [0.717, 1.165) is 5.56 Å². The van der Waals surface area contributed by atoms with E-state index in [0.29, 0.717) is 33.2 Å². The van der Waals surface area contributed by atoms with E-state index in [-0.39, 0.29) is 23.8 Å². The Morgan fingerprint density at radius 3 is 2.45 bits per heavy atom. The molecule has 1 aromatic heterocycles. The van der Waals surface area contributed by atoms with Crippen molar-refractivity contribution in [2.45, 2.75) is 11.7 Å². The maximum absolute atomic E-state index is 13.3. The van der Waals surface area contributed by atoms with Gasteiger partial charge in [0, 0.05) is 11.3 Å². The molecule has 0 aliphatic carbocycles. The highest BCUT2D eigenvalue weighted by Gasteiger charge is 2.15. The minimum atomic E-state index is -0.198. The molecule has 0 saturated heterocycles. The van der Waals surface area contributed by atoms with Crippen LogP contribution in [0.1, 0.15) is 5.56 Å². The monoisotopic (exact) mass is 461 g/mol. The molecule has 4 aromatic rings. The molecule has 7 nitrogen and oxygen atoms in total. The van der Waals surface area contributed by atoms with Crippen molar-refractivity contribution in [1.29, 1.82) is 0 Å². The topological polar surface area (TPSA) is 82.5 Å². The Morgan fingerprint density at radius 2 is 1.70 bits per heavy atom. The average molecular weight is 462 g/mol. The number of para-hydroxylation sites is 2. The van der Waals surface area contributed by atoms with Crippen LogP contribution in [-0.4, -0.2) is 35.4 Å². The first kappa shape index (κ1) is 22.4. The number of nitrogens with one attached hydrogen (secondary N) is 1. The molecule has 0 saturated carbocycles.